The zero-order valence-electron chi connectivity index (χ0n) is 12.3. The normalized spacial score (nSPS) is 10.6. The molecule has 0 aliphatic heterocycles. The molecule has 0 bridgehead atoms. The monoisotopic (exact) mass is 262 g/mol. The van der Waals surface area contributed by atoms with Gasteiger partial charge in [0.05, 0.1) is 0 Å². The highest BCUT2D eigenvalue weighted by atomic mass is 16.6. The number of esters is 1. The Hall–Kier alpha value is -1.90. The Kier molecular flexibility index (Phi) is 7.42. The van der Waals surface area contributed by atoms with Crippen LogP contribution in [0, 0.1) is 0 Å². The molecule has 19 heavy (non-hydrogen) atoms. The first-order valence-corrected chi connectivity index (χ1v) is 6.37. The van der Waals surface area contributed by atoms with Crippen LogP contribution in [0.3, 0.4) is 0 Å². The number of ether oxygens (including phenoxy) is 1. The van der Waals surface area contributed by atoms with E-state index in [1.165, 1.54) is 6.08 Å². The largest absolute Gasteiger partial charge is 0.457 e. The fraction of sp³-hybridized carbons (Fsp3) is 0.375. The number of carbonyl (C=O) groups is 2. The predicted octanol–water partition coefficient (Wildman–Crippen LogP) is 3.88. The molecule has 0 amide bonds. The van der Waals surface area contributed by atoms with Gasteiger partial charge in [-0.25, -0.2) is 4.79 Å². The van der Waals surface area contributed by atoms with Crippen molar-refractivity contribution in [1.29, 1.82) is 0 Å². The number of aldehydes is 1. The lowest BCUT2D eigenvalue weighted by molar-refractivity contribution is -0.148. The molecular formula is C16H22O3. The van der Waals surface area contributed by atoms with Gasteiger partial charge in [0.25, 0.3) is 0 Å². The SMILES string of the molecule is CC.CC(C)(C)OC(=O)/C=C/c1ccc(C=O)cc1. The van der Waals surface area contributed by atoms with Crippen molar-refractivity contribution in [3.63, 3.8) is 0 Å². The van der Waals surface area contributed by atoms with Crippen molar-refractivity contribution in [3.05, 3.63) is 41.5 Å². The summed E-state index contributed by atoms with van der Waals surface area (Å²) in [5.74, 6) is -0.378. The van der Waals surface area contributed by atoms with Crippen LogP contribution in [0.2, 0.25) is 0 Å². The van der Waals surface area contributed by atoms with E-state index in [-0.39, 0.29) is 5.97 Å². The molecule has 3 nitrogen and oxygen atoms in total. The van der Waals surface area contributed by atoms with Gasteiger partial charge in [0, 0.05) is 11.6 Å². The highest BCUT2D eigenvalue weighted by molar-refractivity contribution is 5.87. The zero-order valence-corrected chi connectivity index (χ0v) is 12.3. The van der Waals surface area contributed by atoms with Crippen LogP contribution in [0.25, 0.3) is 6.08 Å². The third kappa shape index (κ3) is 7.92. The average Bonchev–Trinajstić information content (AvgIpc) is 2.37. The van der Waals surface area contributed by atoms with Crippen LogP contribution in [0.1, 0.15) is 50.5 Å². The molecule has 0 atom stereocenters. The Balaban J connectivity index is 0.00000154. The number of hydrogen-bond acceptors (Lipinski definition) is 3. The molecule has 3 heteroatoms. The molecule has 0 aromatic heterocycles. The average molecular weight is 262 g/mol. The Morgan fingerprint density at radius 3 is 1.95 bits per heavy atom. The number of benzene rings is 1. The smallest absolute Gasteiger partial charge is 0.331 e. The summed E-state index contributed by atoms with van der Waals surface area (Å²) >= 11 is 0. The second-order valence-corrected chi connectivity index (χ2v) is 4.65. The topological polar surface area (TPSA) is 43.4 Å². The Bertz CT molecular complexity index is 422. The van der Waals surface area contributed by atoms with Crippen LogP contribution < -0.4 is 0 Å². The quantitative estimate of drug-likeness (QED) is 0.471. The van der Waals surface area contributed by atoms with Gasteiger partial charge >= 0.3 is 5.97 Å². The van der Waals surface area contributed by atoms with Crippen LogP contribution in [0.4, 0.5) is 0 Å². The standard InChI is InChI=1S/C14H16O3.C2H6/c1-14(2,3)17-13(16)9-8-11-4-6-12(10-15)7-5-11;1-2/h4-10H,1-3H3;1-2H3/b9-8+;. The molecule has 0 aliphatic carbocycles. The summed E-state index contributed by atoms with van der Waals surface area (Å²) in [6.07, 6.45) is 3.81. The summed E-state index contributed by atoms with van der Waals surface area (Å²) in [4.78, 5) is 21.8. The van der Waals surface area contributed by atoms with E-state index in [1.54, 1.807) is 30.3 Å². The minimum absolute atomic E-state index is 0.378. The van der Waals surface area contributed by atoms with Crippen LogP contribution in [0.15, 0.2) is 30.3 Å². The predicted molar refractivity (Wildman–Crippen MR) is 78.1 cm³/mol. The molecule has 0 saturated heterocycles. The van der Waals surface area contributed by atoms with Gasteiger partial charge in [-0.15, -0.1) is 0 Å². The van der Waals surface area contributed by atoms with E-state index < -0.39 is 5.60 Å². The third-order valence-corrected chi connectivity index (χ3v) is 1.89. The molecule has 0 aliphatic rings. The molecule has 0 fully saturated rings. The minimum atomic E-state index is -0.483. The van der Waals surface area contributed by atoms with Crippen LogP contribution in [-0.4, -0.2) is 17.9 Å². The molecule has 104 valence electrons. The van der Waals surface area contributed by atoms with Crippen molar-refractivity contribution in [2.45, 2.75) is 40.2 Å². The van der Waals surface area contributed by atoms with Crippen LogP contribution in [-0.2, 0) is 9.53 Å². The van der Waals surface area contributed by atoms with E-state index in [0.717, 1.165) is 11.8 Å². The van der Waals surface area contributed by atoms with Crippen molar-refractivity contribution in [1.82, 2.24) is 0 Å². The summed E-state index contributed by atoms with van der Waals surface area (Å²) < 4.78 is 5.12. The Labute approximate surface area is 115 Å². The number of rotatable bonds is 3. The van der Waals surface area contributed by atoms with Crippen LogP contribution in [0.5, 0.6) is 0 Å². The van der Waals surface area contributed by atoms with Crippen molar-refractivity contribution < 1.29 is 14.3 Å². The van der Waals surface area contributed by atoms with Gasteiger partial charge in [0.1, 0.15) is 11.9 Å². The van der Waals surface area contributed by atoms with Gasteiger partial charge < -0.3 is 4.74 Å². The first-order chi connectivity index (χ1) is 8.90. The van der Waals surface area contributed by atoms with E-state index in [2.05, 4.69) is 0 Å². The fourth-order valence-electron chi connectivity index (χ4n) is 1.19. The van der Waals surface area contributed by atoms with Crippen molar-refractivity contribution >= 4 is 18.3 Å². The highest BCUT2D eigenvalue weighted by Gasteiger charge is 2.13. The maximum atomic E-state index is 11.4. The summed E-state index contributed by atoms with van der Waals surface area (Å²) in [6, 6.07) is 6.93. The minimum Gasteiger partial charge on any atom is -0.457 e. The molecule has 0 saturated carbocycles. The first-order valence-electron chi connectivity index (χ1n) is 6.37. The summed E-state index contributed by atoms with van der Waals surface area (Å²) in [7, 11) is 0. The van der Waals surface area contributed by atoms with Crippen molar-refractivity contribution in [2.75, 3.05) is 0 Å². The molecule has 1 rings (SSSR count). The Morgan fingerprint density at radius 2 is 1.53 bits per heavy atom. The molecule has 0 heterocycles. The van der Waals surface area contributed by atoms with Gasteiger partial charge in [-0.05, 0) is 32.4 Å². The second kappa shape index (κ2) is 8.25. The summed E-state index contributed by atoms with van der Waals surface area (Å²) in [5, 5.41) is 0. The maximum Gasteiger partial charge on any atom is 0.331 e. The fourth-order valence-corrected chi connectivity index (χ4v) is 1.19. The van der Waals surface area contributed by atoms with E-state index in [4.69, 9.17) is 4.74 Å². The van der Waals surface area contributed by atoms with E-state index >= 15 is 0 Å². The van der Waals surface area contributed by atoms with Crippen molar-refractivity contribution in [2.24, 2.45) is 0 Å². The van der Waals surface area contributed by atoms with Crippen LogP contribution >= 0.6 is 0 Å². The first kappa shape index (κ1) is 17.1. The van der Waals surface area contributed by atoms with Crippen molar-refractivity contribution in [3.8, 4) is 0 Å². The maximum absolute atomic E-state index is 11.4. The zero-order chi connectivity index (χ0) is 14.9. The molecule has 1 aromatic rings. The van der Waals surface area contributed by atoms with Gasteiger partial charge in [0.15, 0.2) is 0 Å². The molecule has 0 N–H and O–H groups in total. The highest BCUT2D eigenvalue weighted by Crippen LogP contribution is 2.09. The summed E-state index contributed by atoms with van der Waals surface area (Å²) in [6.45, 7) is 9.45. The second-order valence-electron chi connectivity index (χ2n) is 4.65. The number of hydrogen-bond donors (Lipinski definition) is 0. The lowest BCUT2D eigenvalue weighted by atomic mass is 10.1. The van der Waals surface area contributed by atoms with Gasteiger partial charge in [-0.3, -0.25) is 4.79 Å². The van der Waals surface area contributed by atoms with Gasteiger partial charge in [-0.2, -0.15) is 0 Å². The molecule has 0 radical (unpaired) electrons. The lowest BCUT2D eigenvalue weighted by Crippen LogP contribution is -2.22. The molecule has 1 aromatic carbocycles. The van der Waals surface area contributed by atoms with Gasteiger partial charge in [-0.1, -0.05) is 38.1 Å². The van der Waals surface area contributed by atoms with E-state index in [1.807, 2.05) is 34.6 Å². The van der Waals surface area contributed by atoms with E-state index in [9.17, 15) is 9.59 Å². The van der Waals surface area contributed by atoms with Gasteiger partial charge in [0.2, 0.25) is 0 Å². The molecular weight excluding hydrogens is 240 g/mol. The lowest BCUT2D eigenvalue weighted by Gasteiger charge is -2.17. The Morgan fingerprint density at radius 1 is 1.05 bits per heavy atom. The van der Waals surface area contributed by atoms with E-state index in [0.29, 0.717) is 5.56 Å². The molecule has 0 spiro atoms. The number of carbonyl (C=O) groups excluding carboxylic acids is 2. The summed E-state index contributed by atoms with van der Waals surface area (Å²) in [5.41, 5.74) is 0.976. The molecule has 0 unspecified atom stereocenters. The third-order valence-electron chi connectivity index (χ3n) is 1.89.